The number of rotatable bonds is 7. The molecule has 0 aliphatic heterocycles. The summed E-state index contributed by atoms with van der Waals surface area (Å²) in [6.45, 7) is 4.48. The molecule has 0 bridgehead atoms. The summed E-state index contributed by atoms with van der Waals surface area (Å²) in [5, 5.41) is 0. The van der Waals surface area contributed by atoms with E-state index >= 15 is 0 Å². The topological polar surface area (TPSA) is 0 Å². The van der Waals surface area contributed by atoms with Crippen LogP contribution in [0.2, 0.25) is 4.47 Å². The summed E-state index contributed by atoms with van der Waals surface area (Å²) in [7, 11) is 0. The van der Waals surface area contributed by atoms with E-state index < -0.39 is 0 Å². The Bertz CT molecular complexity index is 367. The van der Waals surface area contributed by atoms with Crippen molar-refractivity contribution in [3.63, 3.8) is 0 Å². The predicted molar refractivity (Wildman–Crippen MR) is 80.3 cm³/mol. The Hall–Kier alpha value is 0.279. The van der Waals surface area contributed by atoms with Crippen LogP contribution in [0.4, 0.5) is 0 Å². The third-order valence-corrected chi connectivity index (χ3v) is 7.63. The van der Waals surface area contributed by atoms with Crippen molar-refractivity contribution < 1.29 is 0 Å². The van der Waals surface area contributed by atoms with Gasteiger partial charge in [0.15, 0.2) is 0 Å². The van der Waals surface area contributed by atoms with Crippen LogP contribution in [-0.2, 0) is 0 Å². The molecule has 17 heavy (non-hydrogen) atoms. The van der Waals surface area contributed by atoms with Crippen LogP contribution in [0.15, 0.2) is 44.7 Å². The van der Waals surface area contributed by atoms with Crippen LogP contribution in [0.1, 0.15) is 25.3 Å². The average Bonchev–Trinajstić information content (AvgIpc) is 2.35. The van der Waals surface area contributed by atoms with E-state index in [1.807, 2.05) is 0 Å². The molecule has 92 valence electrons. The quantitative estimate of drug-likeness (QED) is 0.336. The summed E-state index contributed by atoms with van der Waals surface area (Å²) in [6, 6.07) is 8.74. The van der Waals surface area contributed by atoms with Crippen molar-refractivity contribution in [1.29, 1.82) is 0 Å². The third kappa shape index (κ3) is 7.33. The summed E-state index contributed by atoms with van der Waals surface area (Å²) in [5.74, 6) is 0. The number of allylic oxidation sites excluding steroid dienone is 2. The summed E-state index contributed by atoms with van der Waals surface area (Å²) in [4.78, 5) is 0. The van der Waals surface area contributed by atoms with Gasteiger partial charge in [-0.2, -0.15) is 0 Å². The second-order valence-corrected chi connectivity index (χ2v) is 9.36. The average molecular weight is 456 g/mol. The van der Waals surface area contributed by atoms with E-state index in [1.54, 1.807) is 3.61 Å². The van der Waals surface area contributed by atoms with Gasteiger partial charge in [0.25, 0.3) is 0 Å². The minimum atomic E-state index is -0.122. The molecule has 1 aromatic carbocycles. The van der Waals surface area contributed by atoms with Crippen LogP contribution in [0.5, 0.6) is 0 Å². The van der Waals surface area contributed by atoms with Crippen molar-refractivity contribution in [2.45, 2.75) is 31.2 Å². The van der Waals surface area contributed by atoms with Gasteiger partial charge in [0.1, 0.15) is 0 Å². The Labute approximate surface area is 126 Å². The van der Waals surface area contributed by atoms with Gasteiger partial charge >= 0.3 is 127 Å². The van der Waals surface area contributed by atoms with Crippen LogP contribution in [-0.4, -0.2) is 41.8 Å². The molecule has 1 rings (SSSR count). The van der Waals surface area contributed by atoms with Crippen LogP contribution in [0, 0.1) is 6.92 Å². The van der Waals surface area contributed by atoms with E-state index in [0.717, 1.165) is 0 Å². The van der Waals surface area contributed by atoms with Crippen LogP contribution in [0.25, 0.3) is 0 Å². The van der Waals surface area contributed by atoms with Gasteiger partial charge in [0, 0.05) is 0 Å². The van der Waals surface area contributed by atoms with Gasteiger partial charge in [-0.25, -0.2) is 0 Å². The standard InChI is InChI=1S/C15H20Te2/c1-3-4-11-16-12-7-8-13-17-15-10-6-5-9-14(15)2/h5-10,12-13H,3-4,11H2,1-2H3/b12-7-,13-8-. The molecule has 0 spiro atoms. The first-order chi connectivity index (χ1) is 8.34. The summed E-state index contributed by atoms with van der Waals surface area (Å²) >= 11 is 0.0358. The van der Waals surface area contributed by atoms with Crippen molar-refractivity contribution in [3.8, 4) is 0 Å². The van der Waals surface area contributed by atoms with Gasteiger partial charge in [-0.1, -0.05) is 0 Å². The summed E-state index contributed by atoms with van der Waals surface area (Å²) < 4.78 is 7.82. The predicted octanol–water partition coefficient (Wildman–Crippen LogP) is 3.27. The number of hydrogen-bond acceptors (Lipinski definition) is 0. The Morgan fingerprint density at radius 3 is 2.65 bits per heavy atom. The molecule has 1 aromatic rings. The first-order valence-electron chi connectivity index (χ1n) is 6.00. The van der Waals surface area contributed by atoms with Crippen LogP contribution < -0.4 is 3.61 Å². The van der Waals surface area contributed by atoms with Crippen LogP contribution >= 0.6 is 0 Å². The molecule has 0 atom stereocenters. The molecule has 0 N–H and O–H groups in total. The molecule has 0 amide bonds. The van der Waals surface area contributed by atoms with Crippen molar-refractivity contribution in [2.24, 2.45) is 0 Å². The SMILES string of the molecule is CCCC[Te]/C=C\C=C/[Te]c1ccccc1C. The molecule has 0 saturated heterocycles. The van der Waals surface area contributed by atoms with Gasteiger partial charge in [-0.05, 0) is 0 Å². The Kier molecular flexibility index (Phi) is 9.22. The monoisotopic (exact) mass is 460 g/mol. The van der Waals surface area contributed by atoms with Crippen molar-refractivity contribution in [3.05, 3.63) is 50.2 Å². The maximum absolute atomic E-state index is 2.42. The fourth-order valence-corrected chi connectivity index (χ4v) is 5.58. The number of hydrogen-bond donors (Lipinski definition) is 0. The second-order valence-electron chi connectivity index (χ2n) is 3.76. The van der Waals surface area contributed by atoms with E-state index in [4.69, 9.17) is 0 Å². The zero-order valence-electron chi connectivity index (χ0n) is 10.6. The van der Waals surface area contributed by atoms with Crippen LogP contribution in [0.3, 0.4) is 0 Å². The fourth-order valence-electron chi connectivity index (χ4n) is 1.24. The molecule has 0 aromatic heterocycles. The molecule has 0 fully saturated rings. The molecular formula is C15H20Te2. The molecule has 0 radical (unpaired) electrons. The normalized spacial score (nSPS) is 11.6. The van der Waals surface area contributed by atoms with Crippen molar-refractivity contribution >= 4 is 45.5 Å². The zero-order valence-corrected chi connectivity index (χ0v) is 15.2. The molecular weight excluding hydrogens is 435 g/mol. The summed E-state index contributed by atoms with van der Waals surface area (Å²) in [5.41, 5.74) is 1.44. The van der Waals surface area contributed by atoms with Crippen molar-refractivity contribution in [1.82, 2.24) is 0 Å². The molecule has 0 saturated carbocycles. The number of aryl methyl sites for hydroxylation is 1. The first-order valence-corrected chi connectivity index (χ1v) is 11.5. The first kappa shape index (κ1) is 15.3. The summed E-state index contributed by atoms with van der Waals surface area (Å²) in [6.07, 6.45) is 7.27. The Morgan fingerprint density at radius 2 is 1.88 bits per heavy atom. The molecule has 0 nitrogen and oxygen atoms in total. The molecule has 0 aliphatic rings. The maximum atomic E-state index is 2.42. The molecule has 0 heterocycles. The fraction of sp³-hybridized carbons (Fsp3) is 0.333. The van der Waals surface area contributed by atoms with E-state index in [9.17, 15) is 0 Å². The van der Waals surface area contributed by atoms with Crippen molar-refractivity contribution in [2.75, 3.05) is 0 Å². The Morgan fingerprint density at radius 1 is 1.12 bits per heavy atom. The van der Waals surface area contributed by atoms with E-state index in [-0.39, 0.29) is 41.8 Å². The molecule has 0 aliphatic carbocycles. The second kappa shape index (κ2) is 10.2. The minimum absolute atomic E-state index is 0.122. The number of unbranched alkanes of at least 4 members (excludes halogenated alkanes) is 1. The van der Waals surface area contributed by atoms with Gasteiger partial charge < -0.3 is 0 Å². The van der Waals surface area contributed by atoms with Gasteiger partial charge in [0.2, 0.25) is 0 Å². The molecule has 0 unspecified atom stereocenters. The van der Waals surface area contributed by atoms with Gasteiger partial charge in [-0.15, -0.1) is 0 Å². The van der Waals surface area contributed by atoms with Gasteiger partial charge in [-0.3, -0.25) is 0 Å². The van der Waals surface area contributed by atoms with E-state index in [0.29, 0.717) is 0 Å². The number of benzene rings is 1. The van der Waals surface area contributed by atoms with E-state index in [1.165, 1.54) is 22.9 Å². The third-order valence-electron chi connectivity index (χ3n) is 2.27. The molecule has 2 heteroatoms. The Balaban J connectivity index is 2.24. The van der Waals surface area contributed by atoms with E-state index in [2.05, 4.69) is 58.5 Å². The zero-order chi connectivity index (χ0) is 12.3. The van der Waals surface area contributed by atoms with Gasteiger partial charge in [0.05, 0.1) is 0 Å².